The summed E-state index contributed by atoms with van der Waals surface area (Å²) in [6.07, 6.45) is 3.68. The zero-order valence-corrected chi connectivity index (χ0v) is 10.5. The largest absolute Gasteiger partial charge is 0.496 e. The van der Waals surface area contributed by atoms with E-state index in [4.69, 9.17) is 10.5 Å². The lowest BCUT2D eigenvalue weighted by molar-refractivity contribution is 0.243. The summed E-state index contributed by atoms with van der Waals surface area (Å²) in [6, 6.07) is 4.40. The van der Waals surface area contributed by atoms with Gasteiger partial charge in [0.2, 0.25) is 0 Å². The van der Waals surface area contributed by atoms with Crippen molar-refractivity contribution in [1.82, 2.24) is 0 Å². The molecule has 0 heterocycles. The van der Waals surface area contributed by atoms with Crippen LogP contribution in [0.15, 0.2) is 12.1 Å². The van der Waals surface area contributed by atoms with Gasteiger partial charge in [-0.15, -0.1) is 0 Å². The van der Waals surface area contributed by atoms with Gasteiger partial charge in [-0.1, -0.05) is 12.5 Å². The van der Waals surface area contributed by atoms with Crippen molar-refractivity contribution in [3.63, 3.8) is 0 Å². The van der Waals surface area contributed by atoms with Crippen molar-refractivity contribution >= 4 is 0 Å². The Balaban J connectivity index is 2.50. The van der Waals surface area contributed by atoms with Gasteiger partial charge >= 0.3 is 0 Å². The smallest absolute Gasteiger partial charge is 0.122 e. The van der Waals surface area contributed by atoms with E-state index in [1.165, 1.54) is 36.0 Å². The molecule has 0 amide bonds. The molecule has 16 heavy (non-hydrogen) atoms. The van der Waals surface area contributed by atoms with Crippen LogP contribution >= 0.6 is 0 Å². The second-order valence-electron chi connectivity index (χ2n) is 4.97. The summed E-state index contributed by atoms with van der Waals surface area (Å²) in [5, 5.41) is 0. The molecule has 1 saturated carbocycles. The number of methoxy groups -OCH3 is 1. The van der Waals surface area contributed by atoms with Crippen LogP contribution in [0.1, 0.15) is 36.0 Å². The monoisotopic (exact) mass is 219 g/mol. The van der Waals surface area contributed by atoms with E-state index in [1.54, 1.807) is 7.11 Å². The predicted molar refractivity (Wildman–Crippen MR) is 67.1 cm³/mol. The highest BCUT2D eigenvalue weighted by atomic mass is 16.5. The lowest BCUT2D eigenvalue weighted by Crippen LogP contribution is -2.41. The summed E-state index contributed by atoms with van der Waals surface area (Å²) in [5.41, 5.74) is 10.1. The first-order valence-electron chi connectivity index (χ1n) is 5.99. The Morgan fingerprint density at radius 3 is 2.31 bits per heavy atom. The molecule has 1 aromatic carbocycles. The van der Waals surface area contributed by atoms with E-state index >= 15 is 0 Å². The van der Waals surface area contributed by atoms with E-state index in [-0.39, 0.29) is 5.41 Å². The van der Waals surface area contributed by atoms with Crippen LogP contribution in [-0.4, -0.2) is 13.7 Å². The molecule has 1 fully saturated rings. The Hall–Kier alpha value is -1.02. The van der Waals surface area contributed by atoms with E-state index < -0.39 is 0 Å². The quantitative estimate of drug-likeness (QED) is 0.848. The fourth-order valence-electron chi connectivity index (χ4n) is 2.56. The number of aryl methyl sites for hydroxylation is 2. The zero-order valence-electron chi connectivity index (χ0n) is 10.5. The third-order valence-electron chi connectivity index (χ3n) is 4.09. The summed E-state index contributed by atoms with van der Waals surface area (Å²) in [4.78, 5) is 0. The SMILES string of the molecule is COc1cc(C)c(C)cc1C1(CN)CCC1. The van der Waals surface area contributed by atoms with Crippen molar-refractivity contribution in [1.29, 1.82) is 0 Å². The van der Waals surface area contributed by atoms with Gasteiger partial charge in [-0.3, -0.25) is 0 Å². The molecule has 0 spiro atoms. The minimum atomic E-state index is 0.184. The molecular weight excluding hydrogens is 198 g/mol. The third kappa shape index (κ3) is 1.61. The van der Waals surface area contributed by atoms with Gasteiger partial charge in [0.1, 0.15) is 5.75 Å². The van der Waals surface area contributed by atoms with Crippen LogP contribution in [-0.2, 0) is 5.41 Å². The topological polar surface area (TPSA) is 35.2 Å². The molecule has 0 radical (unpaired) electrons. The van der Waals surface area contributed by atoms with E-state index in [2.05, 4.69) is 26.0 Å². The van der Waals surface area contributed by atoms with Gasteiger partial charge in [0.05, 0.1) is 7.11 Å². The minimum Gasteiger partial charge on any atom is -0.496 e. The molecule has 1 aromatic rings. The molecule has 2 heteroatoms. The number of ether oxygens (including phenoxy) is 1. The van der Waals surface area contributed by atoms with Crippen molar-refractivity contribution in [2.75, 3.05) is 13.7 Å². The molecule has 0 aromatic heterocycles. The third-order valence-corrected chi connectivity index (χ3v) is 4.09. The molecule has 88 valence electrons. The fourth-order valence-corrected chi connectivity index (χ4v) is 2.56. The summed E-state index contributed by atoms with van der Waals surface area (Å²) >= 11 is 0. The average molecular weight is 219 g/mol. The number of nitrogens with two attached hydrogens (primary N) is 1. The molecule has 0 bridgehead atoms. The Morgan fingerprint density at radius 1 is 1.25 bits per heavy atom. The van der Waals surface area contributed by atoms with Crippen molar-refractivity contribution < 1.29 is 4.74 Å². The van der Waals surface area contributed by atoms with Crippen LogP contribution in [0.25, 0.3) is 0 Å². The molecule has 1 aliphatic carbocycles. The van der Waals surface area contributed by atoms with Crippen molar-refractivity contribution in [3.8, 4) is 5.75 Å². The number of hydrogen-bond donors (Lipinski definition) is 1. The zero-order chi connectivity index (χ0) is 11.8. The normalized spacial score (nSPS) is 18.0. The first-order chi connectivity index (χ1) is 7.63. The molecule has 2 N–H and O–H groups in total. The maximum absolute atomic E-state index is 5.96. The van der Waals surface area contributed by atoms with Crippen LogP contribution in [0, 0.1) is 13.8 Å². The fraction of sp³-hybridized carbons (Fsp3) is 0.571. The second kappa shape index (κ2) is 4.10. The Morgan fingerprint density at radius 2 is 1.88 bits per heavy atom. The van der Waals surface area contributed by atoms with Crippen molar-refractivity contribution in [2.24, 2.45) is 5.73 Å². The van der Waals surface area contributed by atoms with Crippen LogP contribution in [0.4, 0.5) is 0 Å². The summed E-state index contributed by atoms with van der Waals surface area (Å²) in [5.74, 6) is 1.01. The van der Waals surface area contributed by atoms with Gasteiger partial charge in [-0.25, -0.2) is 0 Å². The van der Waals surface area contributed by atoms with Gasteiger partial charge < -0.3 is 10.5 Å². The first-order valence-corrected chi connectivity index (χ1v) is 5.99. The minimum absolute atomic E-state index is 0.184. The van der Waals surface area contributed by atoms with Crippen molar-refractivity contribution in [2.45, 2.75) is 38.5 Å². The van der Waals surface area contributed by atoms with Gasteiger partial charge in [0.25, 0.3) is 0 Å². The van der Waals surface area contributed by atoms with E-state index in [0.29, 0.717) is 0 Å². The van der Waals surface area contributed by atoms with E-state index in [1.807, 2.05) is 0 Å². The highest BCUT2D eigenvalue weighted by Gasteiger charge is 2.39. The first kappa shape index (κ1) is 11.5. The van der Waals surface area contributed by atoms with Gasteiger partial charge in [-0.2, -0.15) is 0 Å². The Bertz CT molecular complexity index is 388. The maximum atomic E-state index is 5.96. The number of benzene rings is 1. The van der Waals surface area contributed by atoms with Crippen LogP contribution in [0.3, 0.4) is 0 Å². The van der Waals surface area contributed by atoms with E-state index in [9.17, 15) is 0 Å². The Kier molecular flexibility index (Phi) is 2.94. The molecule has 0 saturated heterocycles. The Labute approximate surface area is 97.8 Å². The highest BCUT2D eigenvalue weighted by molar-refractivity contribution is 5.47. The molecule has 0 unspecified atom stereocenters. The van der Waals surface area contributed by atoms with E-state index in [0.717, 1.165) is 12.3 Å². The highest BCUT2D eigenvalue weighted by Crippen LogP contribution is 2.46. The van der Waals surface area contributed by atoms with Crippen LogP contribution < -0.4 is 10.5 Å². The number of hydrogen-bond acceptors (Lipinski definition) is 2. The molecule has 2 rings (SSSR count). The van der Waals surface area contributed by atoms with Crippen LogP contribution in [0.2, 0.25) is 0 Å². The molecule has 2 nitrogen and oxygen atoms in total. The van der Waals surface area contributed by atoms with Gasteiger partial charge in [-0.05, 0) is 43.9 Å². The van der Waals surface area contributed by atoms with Crippen LogP contribution in [0.5, 0.6) is 5.75 Å². The summed E-state index contributed by atoms with van der Waals surface area (Å²) in [7, 11) is 1.75. The lowest BCUT2D eigenvalue weighted by atomic mass is 9.64. The molecule has 1 aliphatic rings. The number of rotatable bonds is 3. The van der Waals surface area contributed by atoms with Gasteiger partial charge in [0, 0.05) is 17.5 Å². The molecule has 0 atom stereocenters. The molecule has 0 aliphatic heterocycles. The summed E-state index contributed by atoms with van der Waals surface area (Å²) in [6.45, 7) is 5.00. The second-order valence-corrected chi connectivity index (χ2v) is 4.97. The summed E-state index contributed by atoms with van der Waals surface area (Å²) < 4.78 is 5.51. The maximum Gasteiger partial charge on any atom is 0.122 e. The standard InChI is InChI=1S/C14H21NO/c1-10-7-12(13(16-3)8-11(10)2)14(9-15)5-4-6-14/h7-8H,4-6,9,15H2,1-3H3. The lowest BCUT2D eigenvalue weighted by Gasteiger charge is -2.42. The molecular formula is C14H21NO. The van der Waals surface area contributed by atoms with Gasteiger partial charge in [0.15, 0.2) is 0 Å². The van der Waals surface area contributed by atoms with Crippen molar-refractivity contribution in [3.05, 3.63) is 28.8 Å². The predicted octanol–water partition coefficient (Wildman–Crippen LogP) is 2.69. The average Bonchev–Trinajstić information content (AvgIpc) is 2.22.